The molecule has 0 radical (unpaired) electrons. The first-order valence-electron chi connectivity index (χ1n) is 8.18. The molecular weight excluding hydrogens is 324 g/mol. The summed E-state index contributed by atoms with van der Waals surface area (Å²) in [7, 11) is 0. The minimum atomic E-state index is -0.977. The van der Waals surface area contributed by atoms with Crippen LogP contribution in [0.2, 0.25) is 0 Å². The number of carboxylic acid groups (broad SMARTS) is 1. The second kappa shape index (κ2) is 7.13. The number of hydrazine groups is 1. The van der Waals surface area contributed by atoms with E-state index in [4.69, 9.17) is 4.74 Å². The van der Waals surface area contributed by atoms with Crippen LogP contribution in [0.25, 0.3) is 0 Å². The van der Waals surface area contributed by atoms with Crippen LogP contribution in [0.3, 0.4) is 0 Å². The van der Waals surface area contributed by atoms with E-state index < -0.39 is 28.6 Å². The number of carbonyl (C=O) groups excluding carboxylic acids is 2. The third-order valence-electron chi connectivity index (χ3n) is 5.45. The number of para-hydroxylation sites is 1. The molecule has 0 bridgehead atoms. The second-order valence-electron chi connectivity index (χ2n) is 7.09. The summed E-state index contributed by atoms with van der Waals surface area (Å²) in [6, 6.07) is 8.86. The summed E-state index contributed by atoms with van der Waals surface area (Å²) in [5.41, 5.74) is 2.99. The molecule has 1 aliphatic rings. The third-order valence-corrected chi connectivity index (χ3v) is 5.45. The van der Waals surface area contributed by atoms with Crippen LogP contribution >= 0.6 is 0 Å². The highest BCUT2D eigenvalue weighted by atomic mass is 16.5. The van der Waals surface area contributed by atoms with Crippen molar-refractivity contribution in [2.75, 3.05) is 6.61 Å². The summed E-state index contributed by atoms with van der Waals surface area (Å²) < 4.78 is 5.29. The van der Waals surface area contributed by atoms with Crippen molar-refractivity contribution in [3.05, 3.63) is 30.3 Å². The average Bonchev–Trinajstić information content (AvgIpc) is 2.82. The Labute approximate surface area is 146 Å². The van der Waals surface area contributed by atoms with Gasteiger partial charge in [-0.3, -0.25) is 25.2 Å². The van der Waals surface area contributed by atoms with Gasteiger partial charge in [0, 0.05) is 5.92 Å². The lowest BCUT2D eigenvalue weighted by atomic mass is 9.65. The number of ether oxygens (including phenoxy) is 1. The van der Waals surface area contributed by atoms with Crippen LogP contribution in [-0.4, -0.2) is 29.5 Å². The van der Waals surface area contributed by atoms with Crippen LogP contribution in [0.5, 0.6) is 5.75 Å². The number of benzene rings is 1. The van der Waals surface area contributed by atoms with Gasteiger partial charge in [0.1, 0.15) is 5.75 Å². The molecule has 2 amide bonds. The predicted octanol–water partition coefficient (Wildman–Crippen LogP) is 1.74. The topological polar surface area (TPSA) is 105 Å². The maximum absolute atomic E-state index is 12.4. The largest absolute Gasteiger partial charge is 0.484 e. The van der Waals surface area contributed by atoms with E-state index in [1.807, 2.05) is 6.07 Å². The monoisotopic (exact) mass is 348 g/mol. The molecule has 1 aliphatic carbocycles. The summed E-state index contributed by atoms with van der Waals surface area (Å²) >= 11 is 0. The zero-order valence-electron chi connectivity index (χ0n) is 14.7. The number of hydrogen-bond donors (Lipinski definition) is 3. The van der Waals surface area contributed by atoms with Crippen molar-refractivity contribution in [2.45, 2.75) is 33.6 Å². The summed E-state index contributed by atoms with van der Waals surface area (Å²) in [5.74, 6) is -1.73. The third kappa shape index (κ3) is 3.75. The Morgan fingerprint density at radius 1 is 1.16 bits per heavy atom. The summed E-state index contributed by atoms with van der Waals surface area (Å²) in [4.78, 5) is 35.8. The van der Waals surface area contributed by atoms with Gasteiger partial charge in [-0.05, 0) is 37.3 Å². The lowest BCUT2D eigenvalue weighted by molar-refractivity contribution is -0.155. The van der Waals surface area contributed by atoms with E-state index in [9.17, 15) is 19.5 Å². The number of aliphatic carboxylic acids is 1. The smallest absolute Gasteiger partial charge is 0.309 e. The van der Waals surface area contributed by atoms with Gasteiger partial charge in [-0.1, -0.05) is 32.0 Å². The van der Waals surface area contributed by atoms with Crippen molar-refractivity contribution < 1.29 is 24.2 Å². The molecule has 25 heavy (non-hydrogen) atoms. The van der Waals surface area contributed by atoms with E-state index in [0.717, 1.165) is 0 Å². The number of nitrogens with one attached hydrogen (secondary N) is 2. The molecule has 0 saturated heterocycles. The van der Waals surface area contributed by atoms with E-state index in [1.165, 1.54) is 0 Å². The van der Waals surface area contributed by atoms with Crippen molar-refractivity contribution in [3.8, 4) is 5.75 Å². The van der Waals surface area contributed by atoms with Crippen LogP contribution in [0.1, 0.15) is 33.6 Å². The first-order valence-corrected chi connectivity index (χ1v) is 8.18. The van der Waals surface area contributed by atoms with E-state index in [1.54, 1.807) is 45.0 Å². The van der Waals surface area contributed by atoms with Crippen LogP contribution in [0, 0.1) is 16.7 Å². The van der Waals surface area contributed by atoms with Crippen molar-refractivity contribution in [2.24, 2.45) is 16.7 Å². The minimum Gasteiger partial charge on any atom is -0.484 e. The molecule has 2 rings (SSSR count). The van der Waals surface area contributed by atoms with Crippen molar-refractivity contribution in [1.82, 2.24) is 10.9 Å². The Balaban J connectivity index is 1.86. The Bertz CT molecular complexity index is 659. The van der Waals surface area contributed by atoms with Crippen molar-refractivity contribution in [1.29, 1.82) is 0 Å². The summed E-state index contributed by atoms with van der Waals surface area (Å²) in [6.07, 6.45) is 0.872. The molecule has 1 saturated carbocycles. The lowest BCUT2D eigenvalue weighted by Crippen LogP contribution is -2.50. The first-order chi connectivity index (χ1) is 11.7. The van der Waals surface area contributed by atoms with Gasteiger partial charge in [0.2, 0.25) is 5.91 Å². The Hall–Kier alpha value is -2.57. The van der Waals surface area contributed by atoms with Crippen LogP contribution in [0.4, 0.5) is 0 Å². The number of amides is 2. The van der Waals surface area contributed by atoms with Gasteiger partial charge in [-0.15, -0.1) is 0 Å². The van der Waals surface area contributed by atoms with Gasteiger partial charge < -0.3 is 9.84 Å². The summed E-state index contributed by atoms with van der Waals surface area (Å²) in [5, 5.41) is 9.49. The van der Waals surface area contributed by atoms with Gasteiger partial charge in [0.25, 0.3) is 5.91 Å². The molecule has 0 aliphatic heterocycles. The number of carbonyl (C=O) groups is 3. The van der Waals surface area contributed by atoms with Crippen LogP contribution in [-0.2, 0) is 14.4 Å². The molecule has 7 heteroatoms. The maximum Gasteiger partial charge on any atom is 0.309 e. The molecule has 0 unspecified atom stereocenters. The fraction of sp³-hybridized carbons (Fsp3) is 0.500. The molecule has 7 nitrogen and oxygen atoms in total. The normalized spacial score (nSPS) is 24.4. The highest BCUT2D eigenvalue weighted by molar-refractivity contribution is 5.86. The van der Waals surface area contributed by atoms with Gasteiger partial charge in [0.05, 0.1) is 5.41 Å². The molecule has 136 valence electrons. The molecule has 0 spiro atoms. The fourth-order valence-electron chi connectivity index (χ4n) is 3.26. The van der Waals surface area contributed by atoms with Gasteiger partial charge >= 0.3 is 5.97 Å². The fourth-order valence-corrected chi connectivity index (χ4v) is 3.26. The standard InChI is InChI=1S/C18H24N2O5/c1-17(2)13(9-10-18(17,3)16(23)24)15(22)20-19-14(21)11-25-12-7-5-4-6-8-12/h4-8,13H,9-11H2,1-3H3,(H,19,21)(H,20,22)(H,23,24)/t13-,18+/m0/s1. The van der Waals surface area contributed by atoms with E-state index >= 15 is 0 Å². The molecule has 1 aromatic carbocycles. The SMILES string of the molecule is CC1(C)[C@H](C(=O)NNC(=O)COc2ccccc2)CC[C@]1(C)C(=O)O. The second-order valence-corrected chi connectivity index (χ2v) is 7.09. The molecular formula is C18H24N2O5. The maximum atomic E-state index is 12.4. The number of carboxylic acids is 1. The van der Waals surface area contributed by atoms with Gasteiger partial charge in [0.15, 0.2) is 6.61 Å². The summed E-state index contributed by atoms with van der Waals surface area (Å²) in [6.45, 7) is 4.98. The van der Waals surface area contributed by atoms with Gasteiger partial charge in [-0.25, -0.2) is 0 Å². The van der Waals surface area contributed by atoms with Crippen molar-refractivity contribution in [3.63, 3.8) is 0 Å². The van der Waals surface area contributed by atoms with E-state index in [0.29, 0.717) is 18.6 Å². The molecule has 1 fully saturated rings. The van der Waals surface area contributed by atoms with Gasteiger partial charge in [-0.2, -0.15) is 0 Å². The molecule has 3 N–H and O–H groups in total. The van der Waals surface area contributed by atoms with Crippen molar-refractivity contribution >= 4 is 17.8 Å². The first kappa shape index (κ1) is 18.8. The highest BCUT2D eigenvalue weighted by Crippen LogP contribution is 2.56. The molecule has 0 aromatic heterocycles. The van der Waals surface area contributed by atoms with Crippen LogP contribution in [0.15, 0.2) is 30.3 Å². The predicted molar refractivity (Wildman–Crippen MR) is 90.5 cm³/mol. The molecule has 0 heterocycles. The zero-order chi connectivity index (χ0) is 18.7. The molecule has 2 atom stereocenters. The zero-order valence-corrected chi connectivity index (χ0v) is 14.7. The lowest BCUT2D eigenvalue weighted by Gasteiger charge is -2.37. The number of rotatable bonds is 5. The highest BCUT2D eigenvalue weighted by Gasteiger charge is 2.58. The number of hydrogen-bond acceptors (Lipinski definition) is 4. The van der Waals surface area contributed by atoms with Crippen LogP contribution < -0.4 is 15.6 Å². The van der Waals surface area contributed by atoms with E-state index in [-0.39, 0.29) is 12.5 Å². The Morgan fingerprint density at radius 3 is 2.36 bits per heavy atom. The quantitative estimate of drug-likeness (QED) is 0.703. The minimum absolute atomic E-state index is 0.231. The molecule has 1 aromatic rings. The van der Waals surface area contributed by atoms with E-state index in [2.05, 4.69) is 10.9 Å². The Morgan fingerprint density at radius 2 is 1.80 bits per heavy atom. The Kier molecular flexibility index (Phi) is 5.35. The average molecular weight is 348 g/mol.